The molecule has 0 bridgehead atoms. The van der Waals surface area contributed by atoms with E-state index >= 15 is 0 Å². The van der Waals surface area contributed by atoms with Gasteiger partial charge in [-0.2, -0.15) is 5.10 Å². The summed E-state index contributed by atoms with van der Waals surface area (Å²) in [4.78, 5) is 43.4. The number of carbonyl (C=O) groups is 3. The molecule has 0 radical (unpaired) electrons. The number of nitrogens with zero attached hydrogens (tertiary/aromatic N) is 4. The lowest BCUT2D eigenvalue weighted by Crippen LogP contribution is -2.63. The van der Waals surface area contributed by atoms with Crippen molar-refractivity contribution >= 4 is 17.7 Å². The largest absolute Gasteiger partial charge is 0.376 e. The molecule has 1 unspecified atom stereocenters. The Hall–Kier alpha value is -4.19. The average Bonchev–Trinajstić information content (AvgIpc) is 3.35. The highest BCUT2D eigenvalue weighted by Crippen LogP contribution is 2.54. The zero-order valence-corrected chi connectivity index (χ0v) is 28.5. The van der Waals surface area contributed by atoms with Crippen LogP contribution >= 0.6 is 0 Å². The maximum absolute atomic E-state index is 13.9. The van der Waals surface area contributed by atoms with Gasteiger partial charge in [0.15, 0.2) is 0 Å². The van der Waals surface area contributed by atoms with Crippen molar-refractivity contribution in [3.05, 3.63) is 88.5 Å². The number of hydrogen-bond donors (Lipinski definition) is 1. The van der Waals surface area contributed by atoms with E-state index in [2.05, 4.69) is 18.9 Å². The van der Waals surface area contributed by atoms with Gasteiger partial charge in [0.1, 0.15) is 5.82 Å². The van der Waals surface area contributed by atoms with Gasteiger partial charge in [-0.15, -0.1) is 0 Å². The maximum Gasteiger partial charge on any atom is 0.257 e. The van der Waals surface area contributed by atoms with Crippen LogP contribution < -0.4 is 5.73 Å². The minimum absolute atomic E-state index is 0.0132. The molecule has 3 aromatic rings. The molecule has 3 heterocycles. The molecule has 7 rings (SSSR count). The molecule has 2 aliphatic carbocycles. The third-order valence-corrected chi connectivity index (χ3v) is 11.5. The van der Waals surface area contributed by atoms with Crippen LogP contribution in [0.4, 0.5) is 13.2 Å². The fourth-order valence-electron chi connectivity index (χ4n) is 8.32. The third-order valence-electron chi connectivity index (χ3n) is 11.5. The molecule has 266 valence electrons. The Balaban J connectivity index is 1.05. The highest BCUT2D eigenvalue weighted by Gasteiger charge is 2.60. The van der Waals surface area contributed by atoms with Crippen LogP contribution in [-0.4, -0.2) is 76.0 Å². The lowest BCUT2D eigenvalue weighted by molar-refractivity contribution is -0.148. The van der Waals surface area contributed by atoms with Gasteiger partial charge in [0.25, 0.3) is 5.91 Å². The van der Waals surface area contributed by atoms with E-state index < -0.39 is 11.8 Å². The molecule has 4 aliphatic rings. The molecule has 2 atom stereocenters. The van der Waals surface area contributed by atoms with Gasteiger partial charge < -0.3 is 20.3 Å². The number of alkyl halides is 2. The number of halogens is 3. The van der Waals surface area contributed by atoms with E-state index in [1.54, 1.807) is 41.3 Å². The Morgan fingerprint density at radius 1 is 1.00 bits per heavy atom. The maximum atomic E-state index is 13.9. The molecule has 3 amide bonds. The van der Waals surface area contributed by atoms with Crippen molar-refractivity contribution in [2.45, 2.75) is 70.9 Å². The second-order valence-corrected chi connectivity index (χ2v) is 15.6. The summed E-state index contributed by atoms with van der Waals surface area (Å²) in [6.45, 7) is 6.97. The fraction of sp³-hybridized carbons (Fsp3) is 0.526. The summed E-state index contributed by atoms with van der Waals surface area (Å²) >= 11 is 0. The summed E-state index contributed by atoms with van der Waals surface area (Å²) < 4.78 is 49.1. The standard InChI is InChI=1S/C38H44F3N5O4/c1-36(2)14-31(36)35(49)45-22-37(23-45)21-44(34(48)27-15-43-46(17-27)16-24-6-8-29(39)9-7-24)18-28(37)20-50-19-26-4-3-5-30(32(26)33(42)47)25-10-12-38(40,41)13-11-25/h3-9,15,17,25,28,31H,10-14,16,18-23H2,1-2H3,(H2,42,47)/t28?,31-/m1/s1. The molecular weight excluding hydrogens is 647 g/mol. The number of rotatable bonds is 10. The summed E-state index contributed by atoms with van der Waals surface area (Å²) in [5, 5.41) is 4.37. The first-order chi connectivity index (χ1) is 23.7. The van der Waals surface area contributed by atoms with Crippen LogP contribution in [0, 0.1) is 28.5 Å². The smallest absolute Gasteiger partial charge is 0.257 e. The van der Waals surface area contributed by atoms with Gasteiger partial charge in [-0.05, 0) is 59.4 Å². The van der Waals surface area contributed by atoms with Crippen molar-refractivity contribution in [2.75, 3.05) is 32.8 Å². The number of benzene rings is 2. The van der Waals surface area contributed by atoms with E-state index in [0.29, 0.717) is 61.6 Å². The minimum Gasteiger partial charge on any atom is -0.376 e. The zero-order valence-electron chi connectivity index (χ0n) is 28.5. The van der Waals surface area contributed by atoms with Crippen molar-refractivity contribution < 1.29 is 32.3 Å². The number of hydrogen-bond acceptors (Lipinski definition) is 5. The lowest BCUT2D eigenvalue weighted by atomic mass is 9.71. The SMILES string of the molecule is CC1(C)C[C@@H]1C(=O)N1CC2(CN(C(=O)c3cnn(Cc4ccc(F)cc4)c3)CC2COCc2cccc(C3CCC(F)(F)CC3)c2C(N)=O)C1. The number of ether oxygens (including phenoxy) is 1. The molecule has 2 saturated heterocycles. The number of aromatic nitrogens is 2. The van der Waals surface area contributed by atoms with Gasteiger partial charge >= 0.3 is 0 Å². The minimum atomic E-state index is -2.68. The first-order valence-electron chi connectivity index (χ1n) is 17.5. The first kappa shape index (κ1) is 34.3. The average molecular weight is 692 g/mol. The van der Waals surface area contributed by atoms with E-state index in [1.165, 1.54) is 12.1 Å². The van der Waals surface area contributed by atoms with Crippen LogP contribution in [0.5, 0.6) is 0 Å². The Morgan fingerprint density at radius 2 is 1.68 bits per heavy atom. The summed E-state index contributed by atoms with van der Waals surface area (Å²) in [6.07, 6.45) is 4.23. The van der Waals surface area contributed by atoms with Crippen LogP contribution in [0.15, 0.2) is 54.9 Å². The van der Waals surface area contributed by atoms with Crippen LogP contribution in [0.1, 0.15) is 89.3 Å². The first-order valence-corrected chi connectivity index (χ1v) is 17.5. The van der Waals surface area contributed by atoms with E-state index in [1.807, 2.05) is 15.9 Å². The van der Waals surface area contributed by atoms with Crippen LogP contribution in [0.3, 0.4) is 0 Å². The lowest BCUT2D eigenvalue weighted by Gasteiger charge is -2.51. The van der Waals surface area contributed by atoms with Crippen molar-refractivity contribution in [2.24, 2.45) is 28.4 Å². The van der Waals surface area contributed by atoms with Gasteiger partial charge in [-0.25, -0.2) is 13.2 Å². The van der Waals surface area contributed by atoms with Gasteiger partial charge in [-0.1, -0.05) is 44.2 Å². The summed E-state index contributed by atoms with van der Waals surface area (Å²) in [5.74, 6) is -3.83. The number of amides is 3. The van der Waals surface area contributed by atoms with E-state index in [-0.39, 0.29) is 78.5 Å². The molecule has 1 spiro atoms. The zero-order chi connectivity index (χ0) is 35.4. The predicted molar refractivity (Wildman–Crippen MR) is 179 cm³/mol. The molecule has 2 N–H and O–H groups in total. The molecule has 2 aliphatic heterocycles. The monoisotopic (exact) mass is 691 g/mol. The van der Waals surface area contributed by atoms with Crippen molar-refractivity contribution in [3.8, 4) is 0 Å². The van der Waals surface area contributed by atoms with E-state index in [4.69, 9.17) is 10.5 Å². The number of likely N-dealkylation sites (tertiary alicyclic amines) is 2. The highest BCUT2D eigenvalue weighted by atomic mass is 19.3. The Morgan fingerprint density at radius 3 is 2.34 bits per heavy atom. The van der Waals surface area contributed by atoms with E-state index in [9.17, 15) is 27.6 Å². The summed E-state index contributed by atoms with van der Waals surface area (Å²) in [6, 6.07) is 11.5. The van der Waals surface area contributed by atoms with Gasteiger partial charge in [-0.3, -0.25) is 19.1 Å². The molecule has 2 aromatic carbocycles. The second-order valence-electron chi connectivity index (χ2n) is 15.6. The highest BCUT2D eigenvalue weighted by molar-refractivity contribution is 5.96. The molecule has 50 heavy (non-hydrogen) atoms. The molecule has 12 heteroatoms. The molecule has 2 saturated carbocycles. The van der Waals surface area contributed by atoms with Crippen LogP contribution in [0.25, 0.3) is 0 Å². The quantitative estimate of drug-likeness (QED) is 0.297. The Labute approximate surface area is 289 Å². The fourth-order valence-corrected chi connectivity index (χ4v) is 8.32. The molecule has 1 aromatic heterocycles. The number of carbonyl (C=O) groups excluding carboxylic acids is 3. The van der Waals surface area contributed by atoms with Crippen molar-refractivity contribution in [1.29, 1.82) is 0 Å². The third kappa shape index (κ3) is 6.78. The van der Waals surface area contributed by atoms with Crippen molar-refractivity contribution in [3.63, 3.8) is 0 Å². The molecular formula is C38H44F3N5O4. The van der Waals surface area contributed by atoms with Crippen molar-refractivity contribution in [1.82, 2.24) is 19.6 Å². The van der Waals surface area contributed by atoms with Crippen LogP contribution in [0.2, 0.25) is 0 Å². The van der Waals surface area contributed by atoms with E-state index in [0.717, 1.165) is 12.0 Å². The van der Waals surface area contributed by atoms with Gasteiger partial charge in [0.2, 0.25) is 17.7 Å². The molecule has 9 nitrogen and oxygen atoms in total. The van der Waals surface area contributed by atoms with Crippen LogP contribution in [-0.2, 0) is 22.7 Å². The number of nitrogens with two attached hydrogens (primary N) is 1. The predicted octanol–water partition coefficient (Wildman–Crippen LogP) is 5.63. The van der Waals surface area contributed by atoms with Gasteiger partial charge in [0, 0.05) is 68.0 Å². The molecule has 4 fully saturated rings. The number of primary amides is 1. The van der Waals surface area contributed by atoms with Gasteiger partial charge in [0.05, 0.1) is 31.5 Å². The topological polar surface area (TPSA) is 111 Å². The normalized spacial score (nSPS) is 23.5. The second kappa shape index (κ2) is 12.9. The summed E-state index contributed by atoms with van der Waals surface area (Å²) in [5.41, 5.74) is 8.47. The Kier molecular flexibility index (Phi) is 8.81. The summed E-state index contributed by atoms with van der Waals surface area (Å²) in [7, 11) is 0. The Bertz CT molecular complexity index is 1770.